The summed E-state index contributed by atoms with van der Waals surface area (Å²) in [6.07, 6.45) is 1.40. The number of carbonyl (C=O) groups is 2. The van der Waals surface area contributed by atoms with Crippen LogP contribution in [0, 0.1) is 0 Å². The molecule has 0 aliphatic carbocycles. The molecule has 0 heterocycles. The number of rotatable bonds is 11. The van der Waals surface area contributed by atoms with E-state index in [1.54, 1.807) is 26.4 Å². The summed E-state index contributed by atoms with van der Waals surface area (Å²) in [4.78, 5) is 21.5. The van der Waals surface area contributed by atoms with Crippen LogP contribution in [0.25, 0.3) is 0 Å². The Balaban J connectivity index is 2.16. The van der Waals surface area contributed by atoms with Crippen molar-refractivity contribution < 1.29 is 28.5 Å². The number of methoxy groups -OCH3 is 2. The van der Waals surface area contributed by atoms with Gasteiger partial charge in [-0.3, -0.25) is 9.59 Å². The van der Waals surface area contributed by atoms with Gasteiger partial charge in [-0.05, 0) is 36.6 Å². The van der Waals surface area contributed by atoms with Crippen molar-refractivity contribution in [1.29, 1.82) is 0 Å². The van der Waals surface area contributed by atoms with Crippen molar-refractivity contribution in [2.24, 2.45) is 0 Å². The van der Waals surface area contributed by atoms with Gasteiger partial charge in [-0.1, -0.05) is 24.3 Å². The fourth-order valence-corrected chi connectivity index (χ4v) is 2.70. The number of aryl methyl sites for hydroxylation is 1. The first-order valence-electron chi connectivity index (χ1n) is 8.18. The predicted molar refractivity (Wildman–Crippen MR) is 95.8 cm³/mol. The Hall–Kier alpha value is -3.02. The van der Waals surface area contributed by atoms with Crippen molar-refractivity contribution >= 4 is 12.8 Å². The lowest BCUT2D eigenvalue weighted by Gasteiger charge is -2.19. The zero-order chi connectivity index (χ0) is 18.8. The molecule has 138 valence electrons. The molecule has 1 unspecified atom stereocenters. The van der Waals surface area contributed by atoms with E-state index in [4.69, 9.17) is 18.9 Å². The number of benzene rings is 2. The molecular weight excluding hydrogens is 336 g/mol. The van der Waals surface area contributed by atoms with Gasteiger partial charge in [0.15, 0.2) is 17.8 Å². The number of para-hydroxylation sites is 1. The molecule has 0 fully saturated rings. The molecule has 0 amide bonds. The molecule has 6 heteroatoms. The Morgan fingerprint density at radius 1 is 0.962 bits per heavy atom. The third-order valence-corrected chi connectivity index (χ3v) is 3.94. The summed E-state index contributed by atoms with van der Waals surface area (Å²) in [5, 5.41) is 0. The Morgan fingerprint density at radius 3 is 2.42 bits per heavy atom. The Bertz CT molecular complexity index is 728. The van der Waals surface area contributed by atoms with Crippen LogP contribution in [0.4, 0.5) is 0 Å². The van der Waals surface area contributed by atoms with Gasteiger partial charge in [0, 0.05) is 5.56 Å². The zero-order valence-electron chi connectivity index (χ0n) is 14.8. The van der Waals surface area contributed by atoms with Gasteiger partial charge >= 0.3 is 0 Å². The topological polar surface area (TPSA) is 71.1 Å². The van der Waals surface area contributed by atoms with Crippen LogP contribution in [0.1, 0.15) is 23.7 Å². The standard InChI is InChI=1S/C20H22O6/c1-23-19-10-8-15(13-20(19)24-2)7-9-18(26-14-22)16-5-3-4-6-17(16)25-12-11-21/h3-6,8,10-11,13-14,18H,7,9,12H2,1-2H3. The predicted octanol–water partition coefficient (Wildman–Crippen LogP) is 3.13. The second-order valence-electron chi connectivity index (χ2n) is 5.46. The molecule has 0 aliphatic rings. The molecular formula is C20H22O6. The Labute approximate surface area is 152 Å². The molecule has 0 N–H and O–H groups in total. The summed E-state index contributed by atoms with van der Waals surface area (Å²) < 4.78 is 21.2. The van der Waals surface area contributed by atoms with E-state index < -0.39 is 6.10 Å². The molecule has 0 bridgehead atoms. The van der Waals surface area contributed by atoms with E-state index in [2.05, 4.69) is 0 Å². The number of carbonyl (C=O) groups excluding carboxylic acids is 2. The van der Waals surface area contributed by atoms with Crippen LogP contribution in [-0.2, 0) is 20.7 Å². The smallest absolute Gasteiger partial charge is 0.293 e. The maximum atomic E-state index is 11.0. The van der Waals surface area contributed by atoms with Gasteiger partial charge in [0.05, 0.1) is 14.2 Å². The van der Waals surface area contributed by atoms with Crippen LogP contribution < -0.4 is 14.2 Å². The van der Waals surface area contributed by atoms with E-state index in [1.165, 1.54) is 0 Å². The summed E-state index contributed by atoms with van der Waals surface area (Å²) >= 11 is 0. The molecule has 2 aromatic rings. The van der Waals surface area contributed by atoms with Gasteiger partial charge in [0.2, 0.25) is 0 Å². The van der Waals surface area contributed by atoms with Crippen LogP contribution in [0.2, 0.25) is 0 Å². The van der Waals surface area contributed by atoms with Gasteiger partial charge in [0.25, 0.3) is 6.47 Å². The molecule has 0 saturated carbocycles. The maximum Gasteiger partial charge on any atom is 0.293 e. The van der Waals surface area contributed by atoms with E-state index in [-0.39, 0.29) is 6.61 Å². The molecule has 0 aliphatic heterocycles. The highest BCUT2D eigenvalue weighted by Crippen LogP contribution is 2.32. The van der Waals surface area contributed by atoms with Crippen molar-refractivity contribution in [3.8, 4) is 17.2 Å². The minimum atomic E-state index is -0.483. The monoisotopic (exact) mass is 358 g/mol. The molecule has 6 nitrogen and oxygen atoms in total. The quantitative estimate of drug-likeness (QED) is 0.575. The maximum absolute atomic E-state index is 11.0. The molecule has 2 rings (SSSR count). The van der Waals surface area contributed by atoms with E-state index in [1.807, 2.05) is 30.3 Å². The van der Waals surface area contributed by atoms with Crippen molar-refractivity contribution in [3.05, 3.63) is 53.6 Å². The average molecular weight is 358 g/mol. The third kappa shape index (κ3) is 4.99. The lowest BCUT2D eigenvalue weighted by atomic mass is 10.00. The number of ether oxygens (including phenoxy) is 4. The molecule has 0 spiro atoms. The third-order valence-electron chi connectivity index (χ3n) is 3.94. The second kappa shape index (κ2) is 10.1. The van der Waals surface area contributed by atoms with Gasteiger partial charge in [-0.15, -0.1) is 0 Å². The first-order valence-corrected chi connectivity index (χ1v) is 8.18. The average Bonchev–Trinajstić information content (AvgIpc) is 2.69. The summed E-state index contributed by atoms with van der Waals surface area (Å²) in [5.74, 6) is 1.83. The number of hydrogen-bond acceptors (Lipinski definition) is 6. The highest BCUT2D eigenvalue weighted by atomic mass is 16.5. The molecule has 0 aromatic heterocycles. The Kier molecular flexibility index (Phi) is 7.49. The minimum absolute atomic E-state index is 0.0551. The number of hydrogen-bond donors (Lipinski definition) is 0. The largest absolute Gasteiger partial charge is 0.493 e. The van der Waals surface area contributed by atoms with Crippen molar-refractivity contribution in [3.63, 3.8) is 0 Å². The van der Waals surface area contributed by atoms with E-state index in [0.29, 0.717) is 42.8 Å². The Morgan fingerprint density at radius 2 is 1.73 bits per heavy atom. The molecule has 0 radical (unpaired) electrons. The van der Waals surface area contributed by atoms with E-state index in [9.17, 15) is 9.59 Å². The van der Waals surface area contributed by atoms with E-state index >= 15 is 0 Å². The van der Waals surface area contributed by atoms with Gasteiger partial charge in [-0.2, -0.15) is 0 Å². The molecule has 0 saturated heterocycles. The molecule has 1 atom stereocenters. The summed E-state index contributed by atoms with van der Waals surface area (Å²) in [5.41, 5.74) is 1.75. The highest BCUT2D eigenvalue weighted by molar-refractivity contribution is 5.52. The first kappa shape index (κ1) is 19.3. The van der Waals surface area contributed by atoms with Crippen LogP contribution in [-0.4, -0.2) is 33.6 Å². The van der Waals surface area contributed by atoms with E-state index in [0.717, 1.165) is 11.1 Å². The van der Waals surface area contributed by atoms with Gasteiger partial charge in [0.1, 0.15) is 18.5 Å². The molecule has 26 heavy (non-hydrogen) atoms. The summed E-state index contributed by atoms with van der Waals surface area (Å²) in [7, 11) is 3.17. The highest BCUT2D eigenvalue weighted by Gasteiger charge is 2.18. The normalized spacial score (nSPS) is 11.3. The fourth-order valence-electron chi connectivity index (χ4n) is 2.70. The van der Waals surface area contributed by atoms with Crippen molar-refractivity contribution in [1.82, 2.24) is 0 Å². The molecule has 2 aromatic carbocycles. The van der Waals surface area contributed by atoms with Crippen LogP contribution in [0.15, 0.2) is 42.5 Å². The summed E-state index contributed by atoms with van der Waals surface area (Å²) in [6.45, 7) is 0.371. The lowest BCUT2D eigenvalue weighted by Crippen LogP contribution is -2.09. The second-order valence-corrected chi connectivity index (χ2v) is 5.46. The summed E-state index contributed by atoms with van der Waals surface area (Å²) in [6, 6.07) is 12.9. The van der Waals surface area contributed by atoms with Crippen molar-refractivity contribution in [2.45, 2.75) is 18.9 Å². The zero-order valence-corrected chi connectivity index (χ0v) is 14.8. The first-order chi connectivity index (χ1) is 12.7. The SMILES string of the molecule is COc1ccc(CCC(OC=O)c2ccccc2OCC=O)cc1OC. The van der Waals surface area contributed by atoms with Crippen LogP contribution in [0.5, 0.6) is 17.2 Å². The fraction of sp³-hybridized carbons (Fsp3) is 0.300. The van der Waals surface area contributed by atoms with Gasteiger partial charge < -0.3 is 18.9 Å². The minimum Gasteiger partial charge on any atom is -0.493 e. The van der Waals surface area contributed by atoms with Gasteiger partial charge in [-0.25, -0.2) is 0 Å². The van der Waals surface area contributed by atoms with Crippen molar-refractivity contribution in [2.75, 3.05) is 20.8 Å². The number of aldehydes is 1. The lowest BCUT2D eigenvalue weighted by molar-refractivity contribution is -0.134. The van der Waals surface area contributed by atoms with Crippen LogP contribution >= 0.6 is 0 Å². The van der Waals surface area contributed by atoms with Crippen LogP contribution in [0.3, 0.4) is 0 Å².